The van der Waals surface area contributed by atoms with E-state index in [0.29, 0.717) is 6.42 Å². The van der Waals surface area contributed by atoms with E-state index in [-0.39, 0.29) is 29.7 Å². The van der Waals surface area contributed by atoms with E-state index in [2.05, 4.69) is 5.32 Å². The van der Waals surface area contributed by atoms with Crippen LogP contribution in [0.15, 0.2) is 0 Å². The van der Waals surface area contributed by atoms with Crippen LogP contribution in [0.4, 0.5) is 0 Å². The third-order valence-corrected chi connectivity index (χ3v) is 4.03. The topological polar surface area (TPSA) is 72.2 Å². The van der Waals surface area contributed by atoms with Crippen molar-refractivity contribution in [3.8, 4) is 0 Å². The quantitative estimate of drug-likeness (QED) is 0.757. The second-order valence-corrected chi connectivity index (χ2v) is 5.33. The molecule has 17 heavy (non-hydrogen) atoms. The molecular weight excluding hydrogens is 216 g/mol. The van der Waals surface area contributed by atoms with Crippen molar-refractivity contribution in [1.29, 1.82) is 0 Å². The van der Waals surface area contributed by atoms with Crippen LogP contribution in [0.1, 0.15) is 51.4 Å². The van der Waals surface area contributed by atoms with Crippen LogP contribution in [-0.4, -0.2) is 23.8 Å². The van der Waals surface area contributed by atoms with Gasteiger partial charge in [0.15, 0.2) is 5.78 Å². The van der Waals surface area contributed by atoms with E-state index >= 15 is 0 Å². The molecule has 2 fully saturated rings. The first-order valence-electron chi connectivity index (χ1n) is 6.77. The lowest BCUT2D eigenvalue weighted by Crippen LogP contribution is -2.49. The molecule has 0 aromatic carbocycles. The minimum Gasteiger partial charge on any atom is -0.346 e. The number of hydrogen-bond donors (Lipinski definition) is 2. The number of hydrogen-bond acceptors (Lipinski definition) is 3. The maximum absolute atomic E-state index is 12.1. The minimum absolute atomic E-state index is 0.00236. The van der Waals surface area contributed by atoms with Crippen molar-refractivity contribution in [3.05, 3.63) is 0 Å². The third-order valence-electron chi connectivity index (χ3n) is 4.03. The fourth-order valence-corrected chi connectivity index (χ4v) is 2.90. The summed E-state index contributed by atoms with van der Waals surface area (Å²) < 4.78 is 0. The van der Waals surface area contributed by atoms with Gasteiger partial charge in [-0.05, 0) is 25.7 Å². The Bertz CT molecular complexity index is 304. The standard InChI is InChI=1S/C13H22N2O2/c14-10-6-2-1-5-9(10)13(17)15-11-7-3-4-8-12(11)16/h9-11H,1-8,14H2,(H,15,17)/t9-,10+,11+/m1/s1. The predicted molar refractivity (Wildman–Crippen MR) is 65.3 cm³/mol. The first-order valence-corrected chi connectivity index (χ1v) is 6.77. The van der Waals surface area contributed by atoms with Crippen molar-refractivity contribution < 1.29 is 9.59 Å². The molecule has 0 aliphatic heterocycles. The largest absolute Gasteiger partial charge is 0.346 e. The van der Waals surface area contributed by atoms with Crippen molar-refractivity contribution in [3.63, 3.8) is 0 Å². The summed E-state index contributed by atoms with van der Waals surface area (Å²) >= 11 is 0. The molecule has 0 aromatic rings. The van der Waals surface area contributed by atoms with Crippen LogP contribution in [0, 0.1) is 5.92 Å². The van der Waals surface area contributed by atoms with Crippen molar-refractivity contribution in [2.75, 3.05) is 0 Å². The zero-order chi connectivity index (χ0) is 12.3. The van der Waals surface area contributed by atoms with Gasteiger partial charge in [-0.1, -0.05) is 19.3 Å². The molecule has 0 bridgehead atoms. The van der Waals surface area contributed by atoms with Gasteiger partial charge in [0.1, 0.15) is 0 Å². The molecule has 1 amide bonds. The van der Waals surface area contributed by atoms with Crippen LogP contribution >= 0.6 is 0 Å². The lowest BCUT2D eigenvalue weighted by molar-refractivity contribution is -0.132. The second-order valence-electron chi connectivity index (χ2n) is 5.33. The zero-order valence-electron chi connectivity index (χ0n) is 10.3. The molecule has 3 atom stereocenters. The number of nitrogens with one attached hydrogen (secondary N) is 1. The zero-order valence-corrected chi connectivity index (χ0v) is 10.3. The molecule has 0 spiro atoms. The molecule has 2 aliphatic rings. The molecule has 0 saturated heterocycles. The second kappa shape index (κ2) is 5.63. The number of ketones is 1. The van der Waals surface area contributed by atoms with E-state index in [1.807, 2.05) is 0 Å². The Kier molecular flexibility index (Phi) is 4.15. The monoisotopic (exact) mass is 238 g/mol. The summed E-state index contributed by atoms with van der Waals surface area (Å²) in [5.74, 6) is 0.102. The van der Waals surface area contributed by atoms with Gasteiger partial charge in [0.25, 0.3) is 0 Å². The first kappa shape index (κ1) is 12.6. The molecule has 3 N–H and O–H groups in total. The highest BCUT2D eigenvalue weighted by Crippen LogP contribution is 2.24. The number of Topliss-reactive ketones (excluding diaryl/α,β-unsaturated/α-hetero) is 1. The molecular formula is C13H22N2O2. The molecule has 2 rings (SSSR count). The van der Waals surface area contributed by atoms with Gasteiger partial charge in [0, 0.05) is 12.5 Å². The minimum atomic E-state index is -0.245. The maximum Gasteiger partial charge on any atom is 0.225 e. The van der Waals surface area contributed by atoms with E-state index in [1.165, 1.54) is 0 Å². The van der Waals surface area contributed by atoms with Gasteiger partial charge in [-0.2, -0.15) is 0 Å². The summed E-state index contributed by atoms with van der Waals surface area (Å²) in [7, 11) is 0. The highest BCUT2D eigenvalue weighted by molar-refractivity contribution is 5.90. The van der Waals surface area contributed by atoms with E-state index < -0.39 is 0 Å². The highest BCUT2D eigenvalue weighted by atomic mass is 16.2. The van der Waals surface area contributed by atoms with E-state index in [0.717, 1.165) is 44.9 Å². The van der Waals surface area contributed by atoms with Gasteiger partial charge in [-0.3, -0.25) is 9.59 Å². The SMILES string of the molecule is N[C@H]1CCCC[C@H]1C(=O)N[C@H]1CCCCC1=O. The van der Waals surface area contributed by atoms with Crippen molar-refractivity contribution in [1.82, 2.24) is 5.32 Å². The average molecular weight is 238 g/mol. The van der Waals surface area contributed by atoms with Crippen molar-refractivity contribution >= 4 is 11.7 Å². The number of amides is 1. The Balaban J connectivity index is 1.89. The average Bonchev–Trinajstić information content (AvgIpc) is 2.32. The number of rotatable bonds is 2. The first-order chi connectivity index (χ1) is 8.18. The van der Waals surface area contributed by atoms with Crippen LogP contribution < -0.4 is 11.1 Å². The molecule has 4 nitrogen and oxygen atoms in total. The number of carbonyl (C=O) groups excluding carboxylic acids is 2. The molecule has 0 radical (unpaired) electrons. The number of carbonyl (C=O) groups is 2. The third kappa shape index (κ3) is 3.06. The summed E-state index contributed by atoms with van der Waals surface area (Å²) in [6.07, 6.45) is 7.40. The highest BCUT2D eigenvalue weighted by Gasteiger charge is 2.31. The Morgan fingerprint density at radius 3 is 2.53 bits per heavy atom. The van der Waals surface area contributed by atoms with Gasteiger partial charge in [-0.25, -0.2) is 0 Å². The van der Waals surface area contributed by atoms with Gasteiger partial charge in [-0.15, -0.1) is 0 Å². The fraction of sp³-hybridized carbons (Fsp3) is 0.846. The molecule has 2 saturated carbocycles. The summed E-state index contributed by atoms with van der Waals surface area (Å²) in [5.41, 5.74) is 5.97. The van der Waals surface area contributed by atoms with Gasteiger partial charge in [0.05, 0.1) is 12.0 Å². The van der Waals surface area contributed by atoms with Crippen molar-refractivity contribution in [2.45, 2.75) is 63.5 Å². The molecule has 0 heterocycles. The molecule has 0 unspecified atom stereocenters. The van der Waals surface area contributed by atoms with Crippen molar-refractivity contribution in [2.24, 2.45) is 11.7 Å². The number of nitrogens with two attached hydrogens (primary N) is 1. The lowest BCUT2D eigenvalue weighted by Gasteiger charge is -2.30. The Morgan fingerprint density at radius 1 is 1.12 bits per heavy atom. The summed E-state index contributed by atoms with van der Waals surface area (Å²) in [6, 6.07) is -0.271. The predicted octanol–water partition coefficient (Wildman–Crippen LogP) is 1.13. The maximum atomic E-state index is 12.1. The van der Waals surface area contributed by atoms with Gasteiger partial charge >= 0.3 is 0 Å². The summed E-state index contributed by atoms with van der Waals surface area (Å²) in [5, 5.41) is 2.90. The molecule has 0 aromatic heterocycles. The van der Waals surface area contributed by atoms with Crippen LogP contribution in [0.5, 0.6) is 0 Å². The van der Waals surface area contributed by atoms with Crippen LogP contribution in [0.25, 0.3) is 0 Å². The van der Waals surface area contributed by atoms with E-state index in [1.54, 1.807) is 0 Å². The van der Waals surface area contributed by atoms with Gasteiger partial charge in [0.2, 0.25) is 5.91 Å². The van der Waals surface area contributed by atoms with Crippen LogP contribution in [0.2, 0.25) is 0 Å². The Hall–Kier alpha value is -0.900. The van der Waals surface area contributed by atoms with E-state index in [9.17, 15) is 9.59 Å². The molecule has 2 aliphatic carbocycles. The van der Waals surface area contributed by atoms with Gasteiger partial charge < -0.3 is 11.1 Å². The Morgan fingerprint density at radius 2 is 1.82 bits per heavy atom. The smallest absolute Gasteiger partial charge is 0.225 e. The lowest BCUT2D eigenvalue weighted by atomic mass is 9.84. The molecule has 4 heteroatoms. The normalized spacial score (nSPS) is 34.4. The van der Waals surface area contributed by atoms with E-state index in [4.69, 9.17) is 5.73 Å². The summed E-state index contributed by atoms with van der Waals surface area (Å²) in [6.45, 7) is 0. The molecule has 96 valence electrons. The van der Waals surface area contributed by atoms with Crippen LogP contribution in [0.3, 0.4) is 0 Å². The Labute approximate surface area is 102 Å². The summed E-state index contributed by atoms with van der Waals surface area (Å²) in [4.78, 5) is 23.7. The van der Waals surface area contributed by atoms with Crippen LogP contribution in [-0.2, 0) is 9.59 Å². The fourth-order valence-electron chi connectivity index (χ4n) is 2.90.